The Hall–Kier alpha value is -3.12. The van der Waals surface area contributed by atoms with Crippen LogP contribution in [0.4, 0.5) is 10.5 Å². The molecule has 0 bridgehead atoms. The Kier molecular flexibility index (Phi) is 4.18. The molecule has 3 N–H and O–H groups in total. The average molecular weight is 349 g/mol. The maximum atomic E-state index is 12.6. The van der Waals surface area contributed by atoms with Gasteiger partial charge < -0.3 is 20.3 Å². The molecule has 1 heterocycles. The molecule has 0 spiro atoms. The Morgan fingerprint density at radius 3 is 2.69 bits per heavy atom. The van der Waals surface area contributed by atoms with Crippen molar-refractivity contribution in [3.63, 3.8) is 0 Å². The summed E-state index contributed by atoms with van der Waals surface area (Å²) in [6.07, 6.45) is -0.113. The summed E-state index contributed by atoms with van der Waals surface area (Å²) in [7, 11) is 0. The van der Waals surface area contributed by atoms with Gasteiger partial charge in [0.05, 0.1) is 12.1 Å². The van der Waals surface area contributed by atoms with Gasteiger partial charge in [-0.3, -0.25) is 0 Å². The lowest BCUT2D eigenvalue weighted by Crippen LogP contribution is -2.37. The first kappa shape index (κ1) is 16.4. The smallest absolute Gasteiger partial charge is 0.319 e. The highest BCUT2D eigenvalue weighted by Crippen LogP contribution is 2.33. The fourth-order valence-electron chi connectivity index (χ4n) is 3.34. The number of aromatic nitrogens is 1. The lowest BCUT2D eigenvalue weighted by atomic mass is 10.1. The predicted molar refractivity (Wildman–Crippen MR) is 97.7 cm³/mol. The van der Waals surface area contributed by atoms with Gasteiger partial charge in [-0.15, -0.1) is 0 Å². The molecule has 0 unspecified atom stereocenters. The molecule has 132 valence electrons. The highest BCUT2D eigenvalue weighted by Gasteiger charge is 2.32. The molecule has 6 nitrogen and oxygen atoms in total. The molecule has 0 fully saturated rings. The van der Waals surface area contributed by atoms with E-state index in [2.05, 4.69) is 15.8 Å². The molecule has 6 heteroatoms. The van der Waals surface area contributed by atoms with E-state index in [0.717, 1.165) is 16.7 Å². The average Bonchev–Trinajstić information content (AvgIpc) is 3.16. The van der Waals surface area contributed by atoms with Crippen LogP contribution in [0.2, 0.25) is 0 Å². The largest absolute Gasteiger partial charge is 0.390 e. The number of carbonyl (C=O) groups excluding carboxylic acids is 1. The quantitative estimate of drug-likeness (QED) is 0.676. The van der Waals surface area contributed by atoms with Crippen molar-refractivity contribution in [2.24, 2.45) is 0 Å². The second kappa shape index (κ2) is 6.65. The number of urea groups is 1. The highest BCUT2D eigenvalue weighted by atomic mass is 16.5. The van der Waals surface area contributed by atoms with Crippen LogP contribution in [0.5, 0.6) is 0 Å². The number of carbonyl (C=O) groups is 1. The van der Waals surface area contributed by atoms with Crippen molar-refractivity contribution in [1.29, 1.82) is 0 Å². The molecule has 0 saturated heterocycles. The summed E-state index contributed by atoms with van der Waals surface area (Å²) < 4.78 is 5.39. The maximum absolute atomic E-state index is 12.6. The van der Waals surface area contributed by atoms with E-state index in [-0.39, 0.29) is 0 Å². The number of aliphatic hydroxyl groups is 1. The molecule has 1 aliphatic rings. The third-order valence-corrected chi connectivity index (χ3v) is 4.63. The third-order valence-electron chi connectivity index (χ3n) is 4.63. The number of nitrogens with zero attached hydrogens (tertiary/aromatic N) is 1. The molecule has 0 radical (unpaired) electrons. The van der Waals surface area contributed by atoms with Crippen molar-refractivity contribution in [2.45, 2.75) is 25.5 Å². The molecule has 0 saturated carbocycles. The zero-order valence-electron chi connectivity index (χ0n) is 14.3. The van der Waals surface area contributed by atoms with Gasteiger partial charge in [0.25, 0.3) is 0 Å². The van der Waals surface area contributed by atoms with E-state index in [1.54, 1.807) is 6.92 Å². The number of benzene rings is 2. The molecule has 26 heavy (non-hydrogen) atoms. The molecular formula is C20H19N3O3. The van der Waals surface area contributed by atoms with E-state index in [1.807, 2.05) is 54.6 Å². The van der Waals surface area contributed by atoms with Crippen LogP contribution in [0.1, 0.15) is 22.9 Å². The molecule has 2 aromatic carbocycles. The van der Waals surface area contributed by atoms with Gasteiger partial charge >= 0.3 is 6.03 Å². The van der Waals surface area contributed by atoms with Gasteiger partial charge in [-0.1, -0.05) is 59.8 Å². The van der Waals surface area contributed by atoms with Crippen molar-refractivity contribution in [2.75, 3.05) is 5.32 Å². The first-order valence-corrected chi connectivity index (χ1v) is 8.48. The van der Waals surface area contributed by atoms with Gasteiger partial charge in [-0.25, -0.2) is 4.79 Å². The minimum absolute atomic E-state index is 0.408. The van der Waals surface area contributed by atoms with E-state index in [1.165, 1.54) is 0 Å². The lowest BCUT2D eigenvalue weighted by molar-refractivity contribution is 0.144. The standard InChI is InChI=1S/C20H19N3O3/c1-12-17(19(26-23-12)13-7-3-2-4-8-13)21-20(25)22-18-15-10-6-5-9-14(15)11-16(18)24/h2-10,16,18,24H,11H2,1H3,(H2,21,22,25)/t16-,18+/m0/s1. The van der Waals surface area contributed by atoms with Gasteiger partial charge in [0.15, 0.2) is 5.76 Å². The molecule has 3 aromatic rings. The van der Waals surface area contributed by atoms with Crippen molar-refractivity contribution >= 4 is 11.7 Å². The van der Waals surface area contributed by atoms with E-state index < -0.39 is 18.2 Å². The first-order chi connectivity index (χ1) is 12.6. The van der Waals surface area contributed by atoms with Crippen LogP contribution in [0.3, 0.4) is 0 Å². The van der Waals surface area contributed by atoms with E-state index in [4.69, 9.17) is 4.52 Å². The lowest BCUT2D eigenvalue weighted by Gasteiger charge is -2.18. The number of aryl methyl sites for hydroxylation is 1. The van der Waals surface area contributed by atoms with E-state index >= 15 is 0 Å². The summed E-state index contributed by atoms with van der Waals surface area (Å²) >= 11 is 0. The van der Waals surface area contributed by atoms with Crippen molar-refractivity contribution < 1.29 is 14.4 Å². The van der Waals surface area contributed by atoms with Crippen LogP contribution in [0, 0.1) is 6.92 Å². The van der Waals surface area contributed by atoms with Crippen LogP contribution < -0.4 is 10.6 Å². The first-order valence-electron chi connectivity index (χ1n) is 8.48. The molecular weight excluding hydrogens is 330 g/mol. The van der Waals surface area contributed by atoms with E-state index in [0.29, 0.717) is 23.6 Å². The summed E-state index contributed by atoms with van der Waals surface area (Å²) in [5.41, 5.74) is 3.94. The van der Waals surface area contributed by atoms with Crippen LogP contribution in [-0.2, 0) is 6.42 Å². The minimum Gasteiger partial charge on any atom is -0.390 e. The predicted octanol–water partition coefficient (Wildman–Crippen LogP) is 3.43. The Morgan fingerprint density at radius 2 is 1.88 bits per heavy atom. The zero-order valence-corrected chi connectivity index (χ0v) is 14.3. The van der Waals surface area contributed by atoms with Gasteiger partial charge in [0.1, 0.15) is 11.4 Å². The van der Waals surface area contributed by atoms with Gasteiger partial charge in [-0.2, -0.15) is 0 Å². The normalized spacial score (nSPS) is 18.4. The summed E-state index contributed by atoms with van der Waals surface area (Å²) in [4.78, 5) is 12.6. The number of hydrogen-bond donors (Lipinski definition) is 3. The molecule has 1 aromatic heterocycles. The topological polar surface area (TPSA) is 87.4 Å². The number of nitrogens with one attached hydrogen (secondary N) is 2. The van der Waals surface area contributed by atoms with Crippen LogP contribution in [0.25, 0.3) is 11.3 Å². The molecule has 2 amide bonds. The number of anilines is 1. The van der Waals surface area contributed by atoms with Gasteiger partial charge in [0.2, 0.25) is 0 Å². The fourth-order valence-corrected chi connectivity index (χ4v) is 3.34. The molecule has 4 rings (SSSR count). The zero-order chi connectivity index (χ0) is 18.1. The summed E-state index contributed by atoms with van der Waals surface area (Å²) in [5.74, 6) is 0.505. The molecule has 2 atom stereocenters. The minimum atomic E-state index is -0.643. The van der Waals surface area contributed by atoms with Crippen molar-refractivity contribution in [3.8, 4) is 11.3 Å². The van der Waals surface area contributed by atoms with Crippen molar-refractivity contribution in [3.05, 3.63) is 71.4 Å². The Balaban J connectivity index is 1.54. The monoisotopic (exact) mass is 349 g/mol. The summed E-state index contributed by atoms with van der Waals surface area (Å²) in [6.45, 7) is 1.77. The Morgan fingerprint density at radius 1 is 1.15 bits per heavy atom. The van der Waals surface area contributed by atoms with Crippen LogP contribution in [-0.4, -0.2) is 22.4 Å². The summed E-state index contributed by atoms with van der Waals surface area (Å²) in [5, 5.41) is 19.9. The van der Waals surface area contributed by atoms with Crippen LogP contribution >= 0.6 is 0 Å². The number of rotatable bonds is 3. The van der Waals surface area contributed by atoms with E-state index in [9.17, 15) is 9.90 Å². The molecule has 0 aliphatic heterocycles. The van der Waals surface area contributed by atoms with Gasteiger partial charge in [-0.05, 0) is 18.1 Å². The second-order valence-electron chi connectivity index (χ2n) is 6.38. The SMILES string of the molecule is Cc1noc(-c2ccccc2)c1NC(=O)N[C@@H]1c2ccccc2C[C@@H]1O. The molecule has 1 aliphatic carbocycles. The Bertz CT molecular complexity index is 936. The summed E-state index contributed by atoms with van der Waals surface area (Å²) in [6, 6.07) is 16.4. The van der Waals surface area contributed by atoms with Crippen LogP contribution in [0.15, 0.2) is 59.1 Å². The fraction of sp³-hybridized carbons (Fsp3) is 0.200. The number of fused-ring (bicyclic) bond motifs is 1. The third kappa shape index (κ3) is 2.95. The Labute approximate surface area is 150 Å². The number of amides is 2. The highest BCUT2D eigenvalue weighted by molar-refractivity contribution is 5.94. The van der Waals surface area contributed by atoms with Crippen molar-refractivity contribution in [1.82, 2.24) is 10.5 Å². The maximum Gasteiger partial charge on any atom is 0.319 e. The number of aliphatic hydroxyl groups excluding tert-OH is 1. The van der Waals surface area contributed by atoms with Gasteiger partial charge in [0, 0.05) is 12.0 Å². The second-order valence-corrected chi connectivity index (χ2v) is 6.38. The number of hydrogen-bond acceptors (Lipinski definition) is 4.